The number of aromatic nitrogens is 1. The molecule has 0 fully saturated rings. The Morgan fingerprint density at radius 1 is 1.26 bits per heavy atom. The van der Waals surface area contributed by atoms with Crippen LogP contribution in [0.2, 0.25) is 5.02 Å². The standard InChI is InChI=1S/C13H15ClN2O3/c1-4-7-5-8(9-6-10(15)16-19-9)13(18-3)11(14)12(7)17-2/h5-6H,4H2,1-3H3,(H2,15,16). The van der Waals surface area contributed by atoms with Gasteiger partial charge in [0.05, 0.1) is 19.8 Å². The number of hydrogen-bond acceptors (Lipinski definition) is 5. The van der Waals surface area contributed by atoms with E-state index in [2.05, 4.69) is 5.16 Å². The summed E-state index contributed by atoms with van der Waals surface area (Å²) in [6, 6.07) is 3.53. The van der Waals surface area contributed by atoms with Crippen molar-refractivity contribution in [3.63, 3.8) is 0 Å². The van der Waals surface area contributed by atoms with Crippen LogP contribution in [0.25, 0.3) is 11.3 Å². The lowest BCUT2D eigenvalue weighted by Crippen LogP contribution is -1.97. The van der Waals surface area contributed by atoms with E-state index in [0.29, 0.717) is 33.7 Å². The molecule has 0 radical (unpaired) electrons. The highest BCUT2D eigenvalue weighted by Crippen LogP contribution is 2.44. The summed E-state index contributed by atoms with van der Waals surface area (Å²) in [5, 5.41) is 4.08. The number of ether oxygens (including phenoxy) is 2. The largest absolute Gasteiger partial charge is 0.495 e. The molecule has 0 saturated heterocycles. The molecule has 0 saturated carbocycles. The van der Waals surface area contributed by atoms with Crippen LogP contribution in [0, 0.1) is 0 Å². The van der Waals surface area contributed by atoms with E-state index in [1.807, 2.05) is 13.0 Å². The third-order valence-electron chi connectivity index (χ3n) is 2.84. The summed E-state index contributed by atoms with van der Waals surface area (Å²) in [7, 11) is 3.11. The predicted octanol–water partition coefficient (Wildman–Crippen LogP) is 3.16. The van der Waals surface area contributed by atoms with Crippen molar-refractivity contribution in [3.8, 4) is 22.8 Å². The molecule has 1 aromatic carbocycles. The molecule has 0 atom stereocenters. The third-order valence-corrected chi connectivity index (χ3v) is 3.18. The van der Waals surface area contributed by atoms with Gasteiger partial charge in [-0.1, -0.05) is 23.7 Å². The van der Waals surface area contributed by atoms with Gasteiger partial charge in [0.15, 0.2) is 17.3 Å². The molecule has 5 nitrogen and oxygen atoms in total. The molecule has 19 heavy (non-hydrogen) atoms. The number of rotatable bonds is 4. The molecule has 0 amide bonds. The Labute approximate surface area is 116 Å². The number of aryl methyl sites for hydroxylation is 1. The van der Waals surface area contributed by atoms with Gasteiger partial charge in [-0.25, -0.2) is 0 Å². The van der Waals surface area contributed by atoms with Crippen LogP contribution < -0.4 is 15.2 Å². The van der Waals surface area contributed by atoms with Crippen molar-refractivity contribution < 1.29 is 14.0 Å². The summed E-state index contributed by atoms with van der Waals surface area (Å²) in [5.74, 6) is 1.90. The summed E-state index contributed by atoms with van der Waals surface area (Å²) >= 11 is 6.31. The number of nitrogens with two attached hydrogens (primary N) is 1. The molecule has 0 bridgehead atoms. The Hall–Kier alpha value is -1.88. The quantitative estimate of drug-likeness (QED) is 0.933. The first-order chi connectivity index (χ1) is 9.12. The SMILES string of the molecule is CCc1cc(-c2cc(N)no2)c(OC)c(Cl)c1OC. The molecule has 6 heteroatoms. The molecule has 102 valence electrons. The monoisotopic (exact) mass is 282 g/mol. The van der Waals surface area contributed by atoms with Crippen molar-refractivity contribution in [2.24, 2.45) is 0 Å². The number of benzene rings is 1. The number of nitrogens with zero attached hydrogens (tertiary/aromatic N) is 1. The number of anilines is 1. The normalized spacial score (nSPS) is 10.5. The van der Waals surface area contributed by atoms with E-state index in [0.717, 1.165) is 12.0 Å². The molecule has 2 rings (SSSR count). The van der Waals surface area contributed by atoms with E-state index in [1.54, 1.807) is 13.2 Å². The zero-order chi connectivity index (χ0) is 14.0. The second-order valence-corrected chi connectivity index (χ2v) is 4.31. The van der Waals surface area contributed by atoms with E-state index in [-0.39, 0.29) is 0 Å². The molecule has 2 aromatic rings. The summed E-state index contributed by atoms with van der Waals surface area (Å²) in [6.07, 6.45) is 0.767. The van der Waals surface area contributed by atoms with Gasteiger partial charge in [0.2, 0.25) is 0 Å². The average molecular weight is 283 g/mol. The summed E-state index contributed by atoms with van der Waals surface area (Å²) in [5.41, 5.74) is 7.23. The van der Waals surface area contributed by atoms with E-state index >= 15 is 0 Å². The minimum atomic E-state index is 0.307. The van der Waals surface area contributed by atoms with Gasteiger partial charge in [-0.2, -0.15) is 0 Å². The maximum atomic E-state index is 6.31. The molecule has 1 heterocycles. The van der Waals surface area contributed by atoms with E-state index in [4.69, 9.17) is 31.3 Å². The zero-order valence-corrected chi connectivity index (χ0v) is 11.7. The van der Waals surface area contributed by atoms with Crippen LogP contribution in [0.5, 0.6) is 11.5 Å². The van der Waals surface area contributed by atoms with Crippen LogP contribution in [-0.4, -0.2) is 19.4 Å². The second kappa shape index (κ2) is 5.40. The van der Waals surface area contributed by atoms with Crippen molar-refractivity contribution in [1.82, 2.24) is 5.16 Å². The molecule has 2 N–H and O–H groups in total. The van der Waals surface area contributed by atoms with E-state index in [9.17, 15) is 0 Å². The fourth-order valence-electron chi connectivity index (χ4n) is 1.95. The number of methoxy groups -OCH3 is 2. The lowest BCUT2D eigenvalue weighted by atomic mass is 10.0. The van der Waals surface area contributed by atoms with Crippen LogP contribution in [0.1, 0.15) is 12.5 Å². The van der Waals surface area contributed by atoms with Gasteiger partial charge in [-0.15, -0.1) is 0 Å². The number of halogens is 1. The van der Waals surface area contributed by atoms with Gasteiger partial charge in [-0.05, 0) is 18.1 Å². The van der Waals surface area contributed by atoms with Crippen LogP contribution in [0.4, 0.5) is 5.82 Å². The van der Waals surface area contributed by atoms with Gasteiger partial charge in [0, 0.05) is 6.07 Å². The Morgan fingerprint density at radius 3 is 2.42 bits per heavy atom. The molecular formula is C13H15ClN2O3. The zero-order valence-electron chi connectivity index (χ0n) is 11.0. The van der Waals surface area contributed by atoms with Crippen molar-refractivity contribution in [3.05, 3.63) is 22.7 Å². The Morgan fingerprint density at radius 2 is 1.95 bits per heavy atom. The molecule has 0 aliphatic rings. The van der Waals surface area contributed by atoms with Gasteiger partial charge < -0.3 is 19.7 Å². The third kappa shape index (κ3) is 2.33. The fourth-order valence-corrected chi connectivity index (χ4v) is 2.33. The first kappa shape index (κ1) is 13.5. The second-order valence-electron chi connectivity index (χ2n) is 3.93. The van der Waals surface area contributed by atoms with Crippen LogP contribution in [-0.2, 0) is 6.42 Å². The average Bonchev–Trinajstić information content (AvgIpc) is 2.84. The van der Waals surface area contributed by atoms with E-state index < -0.39 is 0 Å². The van der Waals surface area contributed by atoms with Gasteiger partial charge in [0.25, 0.3) is 0 Å². The minimum absolute atomic E-state index is 0.307. The van der Waals surface area contributed by atoms with Crippen LogP contribution in [0.15, 0.2) is 16.7 Å². The number of hydrogen-bond donors (Lipinski definition) is 1. The minimum Gasteiger partial charge on any atom is -0.495 e. The molecule has 0 aliphatic heterocycles. The van der Waals surface area contributed by atoms with Crippen molar-refractivity contribution >= 4 is 17.4 Å². The fraction of sp³-hybridized carbons (Fsp3) is 0.308. The van der Waals surface area contributed by atoms with Gasteiger partial charge in [0.1, 0.15) is 10.8 Å². The summed E-state index contributed by atoms with van der Waals surface area (Å²) < 4.78 is 15.8. The predicted molar refractivity (Wildman–Crippen MR) is 73.8 cm³/mol. The lowest BCUT2D eigenvalue weighted by molar-refractivity contribution is 0.389. The molecular weight excluding hydrogens is 268 g/mol. The topological polar surface area (TPSA) is 70.5 Å². The smallest absolute Gasteiger partial charge is 0.172 e. The molecule has 0 spiro atoms. The summed E-state index contributed by atoms with van der Waals surface area (Å²) in [6.45, 7) is 2.01. The molecule has 0 aliphatic carbocycles. The first-order valence-corrected chi connectivity index (χ1v) is 6.16. The maximum Gasteiger partial charge on any atom is 0.172 e. The van der Waals surface area contributed by atoms with Crippen molar-refractivity contribution in [2.75, 3.05) is 20.0 Å². The molecule has 1 aromatic heterocycles. The Balaban J connectivity index is 2.69. The highest BCUT2D eigenvalue weighted by Gasteiger charge is 2.20. The number of nitrogen functional groups attached to an aromatic ring is 1. The Kier molecular flexibility index (Phi) is 3.85. The van der Waals surface area contributed by atoms with Crippen LogP contribution in [0.3, 0.4) is 0 Å². The van der Waals surface area contributed by atoms with Crippen LogP contribution >= 0.6 is 11.6 Å². The van der Waals surface area contributed by atoms with Gasteiger partial charge >= 0.3 is 0 Å². The highest BCUT2D eigenvalue weighted by atomic mass is 35.5. The van der Waals surface area contributed by atoms with Crippen molar-refractivity contribution in [1.29, 1.82) is 0 Å². The van der Waals surface area contributed by atoms with Crippen molar-refractivity contribution in [2.45, 2.75) is 13.3 Å². The molecule has 0 unspecified atom stereocenters. The highest BCUT2D eigenvalue weighted by molar-refractivity contribution is 6.34. The van der Waals surface area contributed by atoms with Gasteiger partial charge in [-0.3, -0.25) is 0 Å². The van der Waals surface area contributed by atoms with E-state index in [1.165, 1.54) is 7.11 Å². The first-order valence-electron chi connectivity index (χ1n) is 5.78. The maximum absolute atomic E-state index is 6.31. The summed E-state index contributed by atoms with van der Waals surface area (Å²) in [4.78, 5) is 0. The Bertz CT molecular complexity index is 596. The lowest BCUT2D eigenvalue weighted by Gasteiger charge is -2.15.